The Kier molecular flexibility index (Phi) is 4.98. The van der Waals surface area contributed by atoms with Gasteiger partial charge in [0.15, 0.2) is 5.96 Å². The number of rotatable bonds is 5. The number of nitrogens with zero attached hydrogens (tertiary/aromatic N) is 1. The summed E-state index contributed by atoms with van der Waals surface area (Å²) in [6.07, 6.45) is 0.641. The van der Waals surface area contributed by atoms with Gasteiger partial charge in [-0.1, -0.05) is 6.07 Å². The van der Waals surface area contributed by atoms with Gasteiger partial charge in [0, 0.05) is 12.1 Å². The molecule has 0 bridgehead atoms. The summed E-state index contributed by atoms with van der Waals surface area (Å²) in [6, 6.07) is 6.13. The van der Waals surface area contributed by atoms with Gasteiger partial charge in [0.25, 0.3) is 5.91 Å². The van der Waals surface area contributed by atoms with Crippen LogP contribution in [0.25, 0.3) is 0 Å². The fourth-order valence-corrected chi connectivity index (χ4v) is 1.46. The maximum Gasteiger partial charge on any atom is 0.251 e. The summed E-state index contributed by atoms with van der Waals surface area (Å²) >= 11 is 0. The number of phenols is 1. The van der Waals surface area contributed by atoms with Gasteiger partial charge in [-0.05, 0) is 31.5 Å². The summed E-state index contributed by atoms with van der Waals surface area (Å²) in [5.41, 5.74) is 10.9. The van der Waals surface area contributed by atoms with Crippen LogP contribution in [0.4, 0.5) is 0 Å². The number of amides is 1. The van der Waals surface area contributed by atoms with Gasteiger partial charge in [-0.15, -0.1) is 0 Å². The first-order valence-electron chi connectivity index (χ1n) is 5.65. The van der Waals surface area contributed by atoms with Crippen molar-refractivity contribution in [3.8, 4) is 5.75 Å². The molecular weight excluding hydrogens is 232 g/mol. The zero-order chi connectivity index (χ0) is 13.5. The van der Waals surface area contributed by atoms with E-state index in [4.69, 9.17) is 11.5 Å². The lowest BCUT2D eigenvalue weighted by atomic mass is 10.2. The molecule has 0 heterocycles. The third-order valence-electron chi connectivity index (χ3n) is 2.33. The van der Waals surface area contributed by atoms with Crippen LogP contribution in [0.3, 0.4) is 0 Å². The molecule has 6 heteroatoms. The first kappa shape index (κ1) is 13.8. The molecule has 0 aromatic heterocycles. The van der Waals surface area contributed by atoms with Gasteiger partial charge in [-0.3, -0.25) is 9.79 Å². The Labute approximate surface area is 106 Å². The zero-order valence-corrected chi connectivity index (χ0v) is 10.3. The topological polar surface area (TPSA) is 114 Å². The van der Waals surface area contributed by atoms with Gasteiger partial charge < -0.3 is 21.9 Å². The van der Waals surface area contributed by atoms with Gasteiger partial charge in [0.2, 0.25) is 0 Å². The van der Waals surface area contributed by atoms with Crippen molar-refractivity contribution in [2.45, 2.75) is 19.4 Å². The van der Waals surface area contributed by atoms with Crippen molar-refractivity contribution in [3.63, 3.8) is 0 Å². The van der Waals surface area contributed by atoms with E-state index in [0.717, 1.165) is 0 Å². The van der Waals surface area contributed by atoms with Crippen LogP contribution in [0.5, 0.6) is 5.75 Å². The fraction of sp³-hybridized carbons (Fsp3) is 0.333. The normalized spacial score (nSPS) is 11.6. The quantitative estimate of drug-likeness (QED) is 0.440. The second kappa shape index (κ2) is 6.48. The minimum absolute atomic E-state index is 0.0422. The lowest BCUT2D eigenvalue weighted by Gasteiger charge is -2.08. The Balaban J connectivity index is 2.40. The highest BCUT2D eigenvalue weighted by molar-refractivity contribution is 5.94. The highest BCUT2D eigenvalue weighted by atomic mass is 16.3. The van der Waals surface area contributed by atoms with E-state index in [-0.39, 0.29) is 23.7 Å². The Morgan fingerprint density at radius 1 is 1.50 bits per heavy atom. The van der Waals surface area contributed by atoms with Crippen molar-refractivity contribution in [3.05, 3.63) is 29.8 Å². The number of aliphatic imine (C=N–C) groups is 1. The van der Waals surface area contributed by atoms with Gasteiger partial charge in [0.05, 0.1) is 6.04 Å². The third kappa shape index (κ3) is 4.73. The van der Waals surface area contributed by atoms with Gasteiger partial charge in [-0.25, -0.2) is 0 Å². The minimum atomic E-state index is -0.234. The van der Waals surface area contributed by atoms with Crippen LogP contribution in [-0.4, -0.2) is 29.6 Å². The molecular formula is C12H18N4O2. The van der Waals surface area contributed by atoms with Crippen molar-refractivity contribution in [1.82, 2.24) is 5.32 Å². The molecule has 1 aromatic rings. The molecule has 6 nitrogen and oxygen atoms in total. The number of aromatic hydroxyl groups is 1. The van der Waals surface area contributed by atoms with Crippen molar-refractivity contribution in [1.29, 1.82) is 0 Å². The molecule has 0 saturated carbocycles. The molecule has 1 rings (SSSR count). The molecule has 6 N–H and O–H groups in total. The number of nitrogens with one attached hydrogen (secondary N) is 1. The van der Waals surface area contributed by atoms with Gasteiger partial charge in [-0.2, -0.15) is 0 Å². The van der Waals surface area contributed by atoms with Crippen LogP contribution in [0.1, 0.15) is 23.7 Å². The van der Waals surface area contributed by atoms with E-state index in [2.05, 4.69) is 10.3 Å². The summed E-state index contributed by atoms with van der Waals surface area (Å²) in [5.74, 6) is -0.124. The maximum atomic E-state index is 11.7. The first-order chi connectivity index (χ1) is 8.49. The predicted octanol–water partition coefficient (Wildman–Crippen LogP) is 0.174. The highest BCUT2D eigenvalue weighted by Crippen LogP contribution is 2.10. The molecule has 0 spiro atoms. The van der Waals surface area contributed by atoms with Crippen molar-refractivity contribution in [2.24, 2.45) is 16.5 Å². The number of carbonyl (C=O) groups excluding carboxylic acids is 1. The molecule has 98 valence electrons. The second-order valence-corrected chi connectivity index (χ2v) is 4.00. The summed E-state index contributed by atoms with van der Waals surface area (Å²) in [4.78, 5) is 15.6. The van der Waals surface area contributed by atoms with Crippen molar-refractivity contribution in [2.75, 3.05) is 6.54 Å². The summed E-state index contributed by atoms with van der Waals surface area (Å²) < 4.78 is 0. The molecule has 1 amide bonds. The van der Waals surface area contributed by atoms with Gasteiger partial charge >= 0.3 is 0 Å². The van der Waals surface area contributed by atoms with Crippen LogP contribution in [-0.2, 0) is 0 Å². The lowest BCUT2D eigenvalue weighted by Crippen LogP contribution is -2.28. The van der Waals surface area contributed by atoms with Gasteiger partial charge in [0.1, 0.15) is 5.75 Å². The summed E-state index contributed by atoms with van der Waals surface area (Å²) in [7, 11) is 0. The van der Waals surface area contributed by atoms with Crippen LogP contribution in [0, 0.1) is 0 Å². The first-order valence-corrected chi connectivity index (χ1v) is 5.65. The molecule has 1 atom stereocenters. The minimum Gasteiger partial charge on any atom is -0.508 e. The standard InChI is InChI=1S/C12H18N4O2/c1-8(16-12(13)14)5-6-15-11(18)9-3-2-4-10(17)7-9/h2-4,7-8,17H,5-6H2,1H3,(H,15,18)(H4,13,14,16). The molecule has 18 heavy (non-hydrogen) atoms. The molecule has 1 aromatic carbocycles. The Morgan fingerprint density at radius 3 is 2.83 bits per heavy atom. The van der Waals surface area contributed by atoms with E-state index in [1.165, 1.54) is 12.1 Å². The average molecular weight is 250 g/mol. The zero-order valence-electron chi connectivity index (χ0n) is 10.3. The monoisotopic (exact) mass is 250 g/mol. The maximum absolute atomic E-state index is 11.7. The number of benzene rings is 1. The second-order valence-electron chi connectivity index (χ2n) is 4.00. The Morgan fingerprint density at radius 2 is 2.22 bits per heavy atom. The molecule has 0 fully saturated rings. The van der Waals surface area contributed by atoms with Crippen LogP contribution in [0.2, 0.25) is 0 Å². The summed E-state index contributed by atoms with van der Waals surface area (Å²) in [6.45, 7) is 2.33. The molecule has 1 unspecified atom stereocenters. The van der Waals surface area contributed by atoms with E-state index in [1.807, 2.05) is 6.92 Å². The molecule has 0 saturated heterocycles. The van der Waals surface area contributed by atoms with E-state index < -0.39 is 0 Å². The lowest BCUT2D eigenvalue weighted by molar-refractivity contribution is 0.0952. The number of hydrogen-bond donors (Lipinski definition) is 4. The molecule has 0 aliphatic heterocycles. The van der Waals surface area contributed by atoms with E-state index in [0.29, 0.717) is 18.5 Å². The fourth-order valence-electron chi connectivity index (χ4n) is 1.46. The Hall–Kier alpha value is -2.24. The van der Waals surface area contributed by atoms with E-state index >= 15 is 0 Å². The third-order valence-corrected chi connectivity index (χ3v) is 2.33. The Bertz CT molecular complexity index is 441. The van der Waals surface area contributed by atoms with Crippen LogP contribution in [0.15, 0.2) is 29.3 Å². The van der Waals surface area contributed by atoms with Crippen LogP contribution >= 0.6 is 0 Å². The number of phenolic OH excluding ortho intramolecular Hbond substituents is 1. The van der Waals surface area contributed by atoms with E-state index in [9.17, 15) is 9.90 Å². The molecule has 0 radical (unpaired) electrons. The SMILES string of the molecule is CC(CCNC(=O)c1cccc(O)c1)N=C(N)N. The number of nitrogens with two attached hydrogens (primary N) is 2. The summed E-state index contributed by atoms with van der Waals surface area (Å²) in [5, 5.41) is 12.0. The largest absolute Gasteiger partial charge is 0.508 e. The average Bonchev–Trinajstić information content (AvgIpc) is 2.27. The molecule has 0 aliphatic rings. The highest BCUT2D eigenvalue weighted by Gasteiger charge is 2.06. The van der Waals surface area contributed by atoms with Crippen LogP contribution < -0.4 is 16.8 Å². The van der Waals surface area contributed by atoms with Crippen molar-refractivity contribution < 1.29 is 9.90 Å². The number of carbonyl (C=O) groups is 1. The van der Waals surface area contributed by atoms with Crippen molar-refractivity contribution >= 4 is 11.9 Å². The predicted molar refractivity (Wildman–Crippen MR) is 70.3 cm³/mol. The number of guanidine groups is 1. The smallest absolute Gasteiger partial charge is 0.251 e. The molecule has 0 aliphatic carbocycles. The van der Waals surface area contributed by atoms with E-state index in [1.54, 1.807) is 12.1 Å². The number of hydrogen-bond acceptors (Lipinski definition) is 3.